The Morgan fingerprint density at radius 2 is 0.515 bits per heavy atom. The molecule has 0 spiro atoms. The van der Waals surface area contributed by atoms with E-state index < -0.39 is 0 Å². The fourth-order valence-corrected chi connectivity index (χ4v) is 21.0. The maximum Gasteiger partial charge on any atom is 0.238 e. The molecule has 8 aromatic heterocycles. The molecule has 18 aromatic carbocycles. The van der Waals surface area contributed by atoms with Gasteiger partial charge in [0.25, 0.3) is 0 Å². The summed E-state index contributed by atoms with van der Waals surface area (Å²) < 4.78 is 11.8. The van der Waals surface area contributed by atoms with Gasteiger partial charge in [0, 0.05) is 130 Å². The second-order valence-corrected chi connectivity index (χ2v) is 35.4. The van der Waals surface area contributed by atoms with Crippen molar-refractivity contribution in [2.75, 3.05) is 0 Å². The third-order valence-electron chi connectivity index (χ3n) is 26.1. The van der Waals surface area contributed by atoms with E-state index in [9.17, 15) is 0 Å². The zero-order chi connectivity index (χ0) is 88.9. The van der Waals surface area contributed by atoms with Gasteiger partial charge < -0.3 is 13.7 Å². The molecule has 0 unspecified atom stereocenters. The van der Waals surface area contributed by atoms with Crippen molar-refractivity contribution in [3.05, 3.63) is 454 Å². The minimum absolute atomic E-state index is 0.0489. The smallest absolute Gasteiger partial charge is 0.238 e. The van der Waals surface area contributed by atoms with Crippen molar-refractivity contribution in [1.82, 2.24) is 63.1 Å². The first-order valence-electron chi connectivity index (χ1n) is 45.1. The Morgan fingerprint density at radius 3 is 0.970 bits per heavy atom. The molecule has 1 aliphatic carbocycles. The lowest BCUT2D eigenvalue weighted by Crippen LogP contribution is -2.14. The summed E-state index contributed by atoms with van der Waals surface area (Å²) in [7, 11) is 0. The number of nitrogens with zero attached hydrogens (tertiary/aromatic N) is 13. The molecule has 1 aliphatic rings. The topological polar surface area (TPSA) is 136 Å². The van der Waals surface area contributed by atoms with Crippen LogP contribution in [-0.4, -0.2) is 63.1 Å². The quantitative estimate of drug-likeness (QED) is 0.117. The van der Waals surface area contributed by atoms with E-state index in [4.69, 9.17) is 44.9 Å². The molecule has 26 aromatic rings. The van der Waals surface area contributed by atoms with Crippen LogP contribution in [0.25, 0.3) is 233 Å². The number of rotatable bonds is 12. The molecular formula is C120H79N13S. The Labute approximate surface area is 774 Å². The molecule has 13 nitrogen and oxygen atoms in total. The highest BCUT2D eigenvalue weighted by molar-refractivity contribution is 7.26. The van der Waals surface area contributed by atoms with Crippen molar-refractivity contribution in [2.45, 2.75) is 19.3 Å². The lowest BCUT2D eigenvalue weighted by molar-refractivity contribution is 0.661. The molecule has 0 bridgehead atoms. The number of hydrogen-bond donors (Lipinski definition) is 0. The average molecular weight is 1740 g/mol. The first-order chi connectivity index (χ1) is 66.2. The van der Waals surface area contributed by atoms with Crippen LogP contribution in [0.2, 0.25) is 0 Å². The van der Waals surface area contributed by atoms with E-state index in [1.165, 1.54) is 96.8 Å². The maximum absolute atomic E-state index is 5.17. The van der Waals surface area contributed by atoms with E-state index in [1.54, 1.807) is 11.3 Å². The second-order valence-electron chi connectivity index (χ2n) is 34.3. The van der Waals surface area contributed by atoms with Crippen molar-refractivity contribution in [3.8, 4) is 125 Å². The molecule has 0 fully saturated rings. The molecule has 0 saturated heterocycles. The van der Waals surface area contributed by atoms with Gasteiger partial charge in [-0.1, -0.05) is 354 Å². The molecule has 27 rings (SSSR count). The van der Waals surface area contributed by atoms with Crippen molar-refractivity contribution >= 4 is 119 Å². The highest BCUT2D eigenvalue weighted by Crippen LogP contribution is 2.52. The first kappa shape index (κ1) is 78.6. The molecule has 134 heavy (non-hydrogen) atoms. The number of hydrogen-bond acceptors (Lipinski definition) is 10. The summed E-state index contributed by atoms with van der Waals surface area (Å²) in [5.41, 5.74) is 25.6. The van der Waals surface area contributed by atoms with E-state index in [1.807, 2.05) is 182 Å². The van der Waals surface area contributed by atoms with Crippen molar-refractivity contribution < 1.29 is 0 Å². The van der Waals surface area contributed by atoms with E-state index in [0.29, 0.717) is 52.5 Å². The molecule has 8 heterocycles. The standard InChI is InChI=1S/C42H30N4.C39H25N5.C39H24N4S/c1-42(2)35-19-11-9-17-31(35)33-26-38-34(25-36(33)42)32-18-10-12-20-37(32)46(38)30-23-21-29(22-24-30)41-44-39(27-13-5-3-6-14-27)43-40(45-41)28-15-7-4-8-16-28;1-4-14-26(15-5-1)37-40-38(27-16-6-2-7-17-27)42-39(41-37)44-34-23-13-11-21-30(34)32-25-24-31-29-20-10-12-22-33(29)43(35(31)36(32)44)28-18-8-3-9-19-28;1-4-13-25(14-5-1)37-40-38(26-15-6-2-7-16-26)42-39(41-37)30-21-12-20-29-32-23-31-28-19-10-11-22-33(28)43(27-17-8-3-9-18-27)34(31)24-35(32)44-36(29)30/h3-26H,1-2H3;1-25H;1-24H. The summed E-state index contributed by atoms with van der Waals surface area (Å²) >= 11 is 1.80. The molecular weight excluding hydrogens is 1660 g/mol. The van der Waals surface area contributed by atoms with Crippen LogP contribution in [-0.2, 0) is 5.41 Å². The van der Waals surface area contributed by atoms with Gasteiger partial charge in [-0.15, -0.1) is 11.3 Å². The van der Waals surface area contributed by atoms with Gasteiger partial charge in [-0.3, -0.25) is 4.57 Å². The van der Waals surface area contributed by atoms with Crippen LogP contribution in [0.15, 0.2) is 443 Å². The van der Waals surface area contributed by atoms with Crippen molar-refractivity contribution in [1.29, 1.82) is 0 Å². The lowest BCUT2D eigenvalue weighted by atomic mass is 9.82. The predicted octanol–water partition coefficient (Wildman–Crippen LogP) is 30.0. The van der Waals surface area contributed by atoms with Crippen LogP contribution in [0.5, 0.6) is 0 Å². The highest BCUT2D eigenvalue weighted by atomic mass is 32.1. The van der Waals surface area contributed by atoms with Gasteiger partial charge in [-0.25, -0.2) is 34.9 Å². The average Bonchev–Trinajstić information content (AvgIpc) is 1.52. The molecule has 0 N–H and O–H groups in total. The third kappa shape index (κ3) is 13.5. The Bertz CT molecular complexity index is 8880. The number of fused-ring (bicyclic) bond motifs is 19. The minimum Gasteiger partial charge on any atom is -0.309 e. The second kappa shape index (κ2) is 32.6. The number of aromatic nitrogens is 13. The summed E-state index contributed by atoms with van der Waals surface area (Å²) in [6.45, 7) is 4.68. The van der Waals surface area contributed by atoms with Gasteiger partial charge in [-0.05, 0) is 125 Å². The fourth-order valence-electron chi connectivity index (χ4n) is 19.8. The zero-order valence-corrected chi connectivity index (χ0v) is 73.7. The van der Waals surface area contributed by atoms with Gasteiger partial charge in [-0.2, -0.15) is 9.97 Å². The zero-order valence-electron chi connectivity index (χ0n) is 72.9. The van der Waals surface area contributed by atoms with Crippen LogP contribution in [0.1, 0.15) is 25.0 Å². The summed E-state index contributed by atoms with van der Waals surface area (Å²) in [6.07, 6.45) is 0. The van der Waals surface area contributed by atoms with Crippen molar-refractivity contribution in [2.24, 2.45) is 0 Å². The number of para-hydroxylation sites is 6. The summed E-state index contributed by atoms with van der Waals surface area (Å²) in [4.78, 5) is 45.0. The number of benzene rings is 18. The van der Waals surface area contributed by atoms with Gasteiger partial charge in [0.1, 0.15) is 0 Å². The summed E-state index contributed by atoms with van der Waals surface area (Å²) in [5, 5.41) is 12.2. The van der Waals surface area contributed by atoms with Crippen LogP contribution in [0.4, 0.5) is 0 Å². The molecule has 14 heteroatoms. The minimum atomic E-state index is -0.0489. The van der Waals surface area contributed by atoms with Crippen LogP contribution >= 0.6 is 11.3 Å². The number of thiophene rings is 1. The first-order valence-corrected chi connectivity index (χ1v) is 45.9. The molecule has 0 amide bonds. The highest BCUT2D eigenvalue weighted by Gasteiger charge is 2.37. The molecule has 630 valence electrons. The SMILES string of the molecule is CC1(C)c2ccccc2-c2cc3c(cc21)c1ccccc1n3-c1ccc(-c2nc(-c3ccccc3)nc(-c3ccccc3)n2)cc1.c1ccc(-c2nc(-c3ccccc3)nc(-c3cccc4c3sc3cc5c(cc34)c3ccccc3n5-c3ccccc3)n2)cc1.c1ccc(-c2nc(-c3ccccc3)nc(-n3c4ccccc4c4ccc5c6ccccc6n(-c6ccccc6)c5c43)n2)cc1. The lowest BCUT2D eigenvalue weighted by Gasteiger charge is -2.21. The molecule has 0 atom stereocenters. The van der Waals surface area contributed by atoms with Gasteiger partial charge in [0.15, 0.2) is 46.6 Å². The van der Waals surface area contributed by atoms with Crippen LogP contribution in [0, 0.1) is 0 Å². The van der Waals surface area contributed by atoms with E-state index >= 15 is 0 Å². The summed E-state index contributed by atoms with van der Waals surface area (Å²) in [5.74, 6) is 5.84. The third-order valence-corrected chi connectivity index (χ3v) is 27.3. The van der Waals surface area contributed by atoms with Gasteiger partial charge in [0.05, 0.1) is 44.1 Å². The maximum atomic E-state index is 5.17. The molecule has 0 aliphatic heterocycles. The largest absolute Gasteiger partial charge is 0.309 e. The predicted molar refractivity (Wildman–Crippen MR) is 551 cm³/mol. The monoisotopic (exact) mass is 1730 g/mol. The van der Waals surface area contributed by atoms with Gasteiger partial charge >= 0.3 is 0 Å². The van der Waals surface area contributed by atoms with E-state index in [2.05, 4.69) is 293 Å². The molecule has 0 radical (unpaired) electrons. The van der Waals surface area contributed by atoms with Crippen molar-refractivity contribution in [3.63, 3.8) is 0 Å². The Morgan fingerprint density at radius 1 is 0.194 bits per heavy atom. The van der Waals surface area contributed by atoms with Gasteiger partial charge in [0.2, 0.25) is 5.95 Å². The summed E-state index contributed by atoms with van der Waals surface area (Å²) in [6, 6.07) is 154. The molecule has 0 saturated carbocycles. The normalized spacial score (nSPS) is 12.2. The van der Waals surface area contributed by atoms with Crippen LogP contribution in [0.3, 0.4) is 0 Å². The Balaban J connectivity index is 0.000000108. The Hall–Kier alpha value is -17.6. The van der Waals surface area contributed by atoms with Crippen LogP contribution < -0.4 is 0 Å². The fraction of sp³-hybridized carbons (Fsp3) is 0.0250. The van der Waals surface area contributed by atoms with E-state index in [0.717, 1.165) is 94.4 Å². The van der Waals surface area contributed by atoms with E-state index in [-0.39, 0.29) is 5.41 Å². The Kier molecular flexibility index (Phi) is 19.1.